The lowest BCUT2D eigenvalue weighted by molar-refractivity contribution is 0.0697. The number of anilines is 1. The van der Waals surface area contributed by atoms with E-state index in [2.05, 4.69) is 21.2 Å². The number of hydrogen-bond donors (Lipinski definition) is 3. The fraction of sp³-hybridized carbons (Fsp3) is 0.417. The maximum atomic E-state index is 10.9. The molecule has 0 aromatic heterocycles. The van der Waals surface area contributed by atoms with Gasteiger partial charge in [-0.3, -0.25) is 0 Å². The first kappa shape index (κ1) is 14.0. The molecular weight excluding hydrogens is 286 g/mol. The lowest BCUT2D eigenvalue weighted by Gasteiger charge is -2.22. The third-order valence-corrected chi connectivity index (χ3v) is 2.80. The van der Waals surface area contributed by atoms with Crippen LogP contribution in [0, 0.1) is 5.41 Å². The van der Waals surface area contributed by atoms with E-state index in [1.165, 1.54) is 0 Å². The second kappa shape index (κ2) is 5.51. The number of aromatic carboxylic acids is 1. The lowest BCUT2D eigenvalue weighted by Crippen LogP contribution is -2.26. The van der Waals surface area contributed by atoms with Crippen LogP contribution < -0.4 is 5.32 Å². The number of carboxylic acids is 1. The van der Waals surface area contributed by atoms with E-state index in [4.69, 9.17) is 10.2 Å². The van der Waals surface area contributed by atoms with Crippen molar-refractivity contribution in [3.05, 3.63) is 28.2 Å². The summed E-state index contributed by atoms with van der Waals surface area (Å²) >= 11 is 3.27. The van der Waals surface area contributed by atoms with Crippen LogP contribution in [-0.4, -0.2) is 29.3 Å². The molecule has 0 amide bonds. The van der Waals surface area contributed by atoms with Crippen molar-refractivity contribution in [2.24, 2.45) is 5.41 Å². The van der Waals surface area contributed by atoms with Gasteiger partial charge < -0.3 is 15.5 Å². The van der Waals surface area contributed by atoms with Crippen LogP contribution in [0.3, 0.4) is 0 Å². The fourth-order valence-electron chi connectivity index (χ4n) is 1.21. The minimum atomic E-state index is -0.962. The van der Waals surface area contributed by atoms with Gasteiger partial charge in [0.05, 0.1) is 5.56 Å². The van der Waals surface area contributed by atoms with Gasteiger partial charge in [0.25, 0.3) is 0 Å². The van der Waals surface area contributed by atoms with E-state index < -0.39 is 5.97 Å². The van der Waals surface area contributed by atoms with Gasteiger partial charge in [-0.2, -0.15) is 0 Å². The van der Waals surface area contributed by atoms with Crippen LogP contribution in [0.1, 0.15) is 24.2 Å². The maximum Gasteiger partial charge on any atom is 0.335 e. The summed E-state index contributed by atoms with van der Waals surface area (Å²) in [7, 11) is 0. The van der Waals surface area contributed by atoms with Gasteiger partial charge >= 0.3 is 5.97 Å². The predicted octanol–water partition coefficient (Wildman–Crippen LogP) is 2.58. The van der Waals surface area contributed by atoms with Crippen LogP contribution in [0.2, 0.25) is 0 Å². The Bertz CT molecular complexity index is 418. The van der Waals surface area contributed by atoms with E-state index in [-0.39, 0.29) is 17.6 Å². The van der Waals surface area contributed by atoms with Gasteiger partial charge in [-0.25, -0.2) is 4.79 Å². The summed E-state index contributed by atoms with van der Waals surface area (Å²) in [6.45, 7) is 4.49. The normalized spacial score (nSPS) is 11.3. The van der Waals surface area contributed by atoms with Gasteiger partial charge in [0.2, 0.25) is 0 Å². The van der Waals surface area contributed by atoms with E-state index in [0.717, 1.165) is 5.69 Å². The third-order valence-electron chi connectivity index (χ3n) is 2.34. The smallest absolute Gasteiger partial charge is 0.335 e. The summed E-state index contributed by atoms with van der Waals surface area (Å²) in [6, 6.07) is 4.92. The molecule has 0 radical (unpaired) electrons. The molecule has 0 saturated heterocycles. The summed E-state index contributed by atoms with van der Waals surface area (Å²) in [5.74, 6) is -0.962. The lowest BCUT2D eigenvalue weighted by atomic mass is 9.95. The minimum absolute atomic E-state index is 0.0692. The topological polar surface area (TPSA) is 69.6 Å². The summed E-state index contributed by atoms with van der Waals surface area (Å²) < 4.78 is 0.710. The largest absolute Gasteiger partial charge is 0.478 e. The van der Waals surface area contributed by atoms with Crippen LogP contribution in [0.4, 0.5) is 5.69 Å². The van der Waals surface area contributed by atoms with Gasteiger partial charge in [-0.1, -0.05) is 29.8 Å². The number of rotatable bonds is 5. The zero-order valence-electron chi connectivity index (χ0n) is 9.83. The zero-order valence-corrected chi connectivity index (χ0v) is 11.4. The fourth-order valence-corrected chi connectivity index (χ4v) is 1.71. The standard InChI is InChI=1S/C12H16BrNO3/c1-12(2,7-15)6-14-10-4-8(11(16)17)3-9(13)5-10/h3-5,14-15H,6-7H2,1-2H3,(H,16,17). The Kier molecular flexibility index (Phi) is 4.54. The highest BCUT2D eigenvalue weighted by Gasteiger charge is 2.16. The molecular formula is C12H16BrNO3. The molecule has 1 aromatic rings. The van der Waals surface area contributed by atoms with Crippen LogP contribution in [0.5, 0.6) is 0 Å². The zero-order chi connectivity index (χ0) is 13.1. The first-order valence-electron chi connectivity index (χ1n) is 5.23. The maximum absolute atomic E-state index is 10.9. The molecule has 0 fully saturated rings. The number of carboxylic acid groups (broad SMARTS) is 1. The molecule has 0 spiro atoms. The van der Waals surface area contributed by atoms with E-state index in [0.29, 0.717) is 11.0 Å². The monoisotopic (exact) mass is 301 g/mol. The highest BCUT2D eigenvalue weighted by atomic mass is 79.9. The van der Waals surface area contributed by atoms with E-state index in [1.807, 2.05) is 13.8 Å². The third kappa shape index (κ3) is 4.36. The number of benzene rings is 1. The Morgan fingerprint density at radius 2 is 2.06 bits per heavy atom. The SMILES string of the molecule is CC(C)(CO)CNc1cc(Br)cc(C(=O)O)c1. The molecule has 0 saturated carbocycles. The van der Waals surface area contributed by atoms with Crippen LogP contribution in [0.25, 0.3) is 0 Å². The molecule has 0 aliphatic carbocycles. The molecule has 94 valence electrons. The molecule has 1 rings (SSSR count). The molecule has 0 atom stereocenters. The second-order valence-corrected chi connectivity index (χ2v) is 5.63. The minimum Gasteiger partial charge on any atom is -0.478 e. The number of halogens is 1. The van der Waals surface area contributed by atoms with Crippen LogP contribution in [0.15, 0.2) is 22.7 Å². The number of aliphatic hydroxyl groups excluding tert-OH is 1. The average Bonchev–Trinajstić information content (AvgIpc) is 2.26. The Morgan fingerprint density at radius 3 is 2.59 bits per heavy atom. The van der Waals surface area contributed by atoms with Gasteiger partial charge in [0, 0.05) is 28.7 Å². The Morgan fingerprint density at radius 1 is 1.41 bits per heavy atom. The second-order valence-electron chi connectivity index (χ2n) is 4.71. The summed E-state index contributed by atoms with van der Waals surface area (Å²) in [6.07, 6.45) is 0. The summed E-state index contributed by atoms with van der Waals surface area (Å²) in [4.78, 5) is 10.9. The number of carbonyl (C=O) groups is 1. The quantitative estimate of drug-likeness (QED) is 0.782. The molecule has 0 aliphatic heterocycles. The first-order valence-corrected chi connectivity index (χ1v) is 6.02. The van der Waals surface area contributed by atoms with Crippen molar-refractivity contribution in [3.8, 4) is 0 Å². The summed E-state index contributed by atoms with van der Waals surface area (Å²) in [5, 5.41) is 21.2. The molecule has 5 heteroatoms. The Balaban J connectivity index is 2.81. The molecule has 0 unspecified atom stereocenters. The van der Waals surface area contributed by atoms with Crippen molar-refractivity contribution in [1.29, 1.82) is 0 Å². The summed E-state index contributed by atoms with van der Waals surface area (Å²) in [5.41, 5.74) is 0.702. The van der Waals surface area contributed by atoms with Crippen LogP contribution >= 0.6 is 15.9 Å². The van der Waals surface area contributed by atoms with E-state index in [1.54, 1.807) is 18.2 Å². The van der Waals surface area contributed by atoms with Crippen molar-refractivity contribution in [2.45, 2.75) is 13.8 Å². The molecule has 0 heterocycles. The predicted molar refractivity (Wildman–Crippen MR) is 70.5 cm³/mol. The first-order chi connectivity index (χ1) is 7.84. The number of nitrogens with one attached hydrogen (secondary N) is 1. The van der Waals surface area contributed by atoms with E-state index >= 15 is 0 Å². The van der Waals surface area contributed by atoms with Crippen molar-refractivity contribution < 1.29 is 15.0 Å². The number of aliphatic hydroxyl groups is 1. The highest BCUT2D eigenvalue weighted by molar-refractivity contribution is 9.10. The van der Waals surface area contributed by atoms with Gasteiger partial charge in [0.1, 0.15) is 0 Å². The van der Waals surface area contributed by atoms with Gasteiger partial charge in [-0.15, -0.1) is 0 Å². The molecule has 3 N–H and O–H groups in total. The van der Waals surface area contributed by atoms with Crippen molar-refractivity contribution in [3.63, 3.8) is 0 Å². The van der Waals surface area contributed by atoms with Gasteiger partial charge in [0.15, 0.2) is 0 Å². The Hall–Kier alpha value is -1.07. The average molecular weight is 302 g/mol. The highest BCUT2D eigenvalue weighted by Crippen LogP contribution is 2.21. The van der Waals surface area contributed by atoms with E-state index in [9.17, 15) is 4.79 Å². The van der Waals surface area contributed by atoms with Crippen molar-refractivity contribution >= 4 is 27.6 Å². The Labute approximate surface area is 109 Å². The van der Waals surface area contributed by atoms with Crippen LogP contribution in [-0.2, 0) is 0 Å². The van der Waals surface area contributed by atoms with Gasteiger partial charge in [-0.05, 0) is 18.2 Å². The molecule has 0 bridgehead atoms. The molecule has 4 nitrogen and oxygen atoms in total. The number of hydrogen-bond acceptors (Lipinski definition) is 3. The molecule has 1 aromatic carbocycles. The molecule has 17 heavy (non-hydrogen) atoms. The van der Waals surface area contributed by atoms with Crippen molar-refractivity contribution in [1.82, 2.24) is 0 Å². The molecule has 0 aliphatic rings. The van der Waals surface area contributed by atoms with Crippen molar-refractivity contribution in [2.75, 3.05) is 18.5 Å².